The van der Waals surface area contributed by atoms with Crippen LogP contribution in [0.5, 0.6) is 0 Å². The van der Waals surface area contributed by atoms with Crippen LogP contribution in [-0.4, -0.2) is 49.3 Å². The summed E-state index contributed by atoms with van der Waals surface area (Å²) in [5, 5.41) is 0. The highest BCUT2D eigenvalue weighted by Gasteiger charge is 2.29. The summed E-state index contributed by atoms with van der Waals surface area (Å²) in [4.78, 5) is 12.7. The fourth-order valence-corrected chi connectivity index (χ4v) is 1.36. The van der Waals surface area contributed by atoms with Gasteiger partial charge in [-0.05, 0) is 6.42 Å². The molecule has 7 heteroatoms. The lowest BCUT2D eigenvalue weighted by molar-refractivity contribution is -0.177. The molecule has 1 fully saturated rings. The van der Waals surface area contributed by atoms with Gasteiger partial charge in [0.1, 0.15) is 13.2 Å². The molecule has 0 radical (unpaired) electrons. The van der Waals surface area contributed by atoms with Crippen molar-refractivity contribution in [2.45, 2.75) is 18.6 Å². The predicted molar refractivity (Wildman–Crippen MR) is 46.0 cm³/mol. The number of alkyl halides is 3. The van der Waals surface area contributed by atoms with Crippen LogP contribution >= 0.6 is 0 Å². The van der Waals surface area contributed by atoms with Gasteiger partial charge in [0.15, 0.2) is 0 Å². The lowest BCUT2D eigenvalue weighted by Gasteiger charge is -2.16. The lowest BCUT2D eigenvalue weighted by Crippen LogP contribution is -2.35. The number of rotatable bonds is 3. The van der Waals surface area contributed by atoms with Crippen LogP contribution in [0.3, 0.4) is 0 Å². The van der Waals surface area contributed by atoms with Gasteiger partial charge in [-0.15, -0.1) is 0 Å². The summed E-state index contributed by atoms with van der Waals surface area (Å²) in [5.74, 6) is -0.438. The number of nitrogens with zero attached hydrogens (tertiary/aromatic N) is 1. The Morgan fingerprint density at radius 3 is 2.67 bits per heavy atom. The van der Waals surface area contributed by atoms with Gasteiger partial charge in [0.25, 0.3) is 0 Å². The van der Waals surface area contributed by atoms with Crippen LogP contribution in [0, 0.1) is 0 Å². The smallest absolute Gasteiger partial charge is 0.362 e. The van der Waals surface area contributed by atoms with E-state index in [9.17, 15) is 18.0 Å². The average Bonchev–Trinajstić information content (AvgIpc) is 2.49. The van der Waals surface area contributed by atoms with E-state index in [0.717, 1.165) is 0 Å². The van der Waals surface area contributed by atoms with E-state index in [1.54, 1.807) is 0 Å². The lowest BCUT2D eigenvalue weighted by atomic mass is 10.3. The van der Waals surface area contributed by atoms with Gasteiger partial charge >= 0.3 is 6.18 Å². The van der Waals surface area contributed by atoms with Crippen LogP contribution in [0.2, 0.25) is 0 Å². The molecule has 0 aromatic rings. The normalized spacial score (nSPS) is 22.1. The summed E-state index contributed by atoms with van der Waals surface area (Å²) in [6.07, 6.45) is -3.70. The third-order valence-corrected chi connectivity index (χ3v) is 2.07. The van der Waals surface area contributed by atoms with Gasteiger partial charge in [-0.1, -0.05) is 0 Å². The predicted octanol–water partition coefficient (Wildman–Crippen LogP) is 0.125. The van der Waals surface area contributed by atoms with Crippen molar-refractivity contribution in [2.75, 3.05) is 26.3 Å². The first kappa shape index (κ1) is 12.3. The number of halogens is 3. The maximum atomic E-state index is 11.7. The van der Waals surface area contributed by atoms with Crippen molar-refractivity contribution in [1.82, 2.24) is 4.90 Å². The molecule has 88 valence electrons. The Kier molecular flexibility index (Phi) is 3.92. The van der Waals surface area contributed by atoms with E-state index in [1.165, 1.54) is 4.90 Å². The van der Waals surface area contributed by atoms with Gasteiger partial charge in [-0.2, -0.15) is 13.2 Å². The average molecular weight is 226 g/mol. The zero-order valence-electron chi connectivity index (χ0n) is 8.09. The molecule has 1 rings (SSSR count). The van der Waals surface area contributed by atoms with E-state index >= 15 is 0 Å². The molecule has 15 heavy (non-hydrogen) atoms. The largest absolute Gasteiger partial charge is 0.411 e. The highest BCUT2D eigenvalue weighted by molar-refractivity contribution is 5.77. The van der Waals surface area contributed by atoms with E-state index in [0.29, 0.717) is 19.5 Å². The van der Waals surface area contributed by atoms with Crippen molar-refractivity contribution >= 4 is 5.91 Å². The molecule has 0 aliphatic carbocycles. The van der Waals surface area contributed by atoms with Crippen LogP contribution in [-0.2, 0) is 9.53 Å². The van der Waals surface area contributed by atoms with E-state index in [4.69, 9.17) is 5.73 Å². The third kappa shape index (κ3) is 4.48. The van der Waals surface area contributed by atoms with Crippen LogP contribution in [0.25, 0.3) is 0 Å². The molecule has 2 N–H and O–H groups in total. The summed E-state index contributed by atoms with van der Waals surface area (Å²) in [6.45, 7) is -1.03. The van der Waals surface area contributed by atoms with Crippen molar-refractivity contribution in [3.05, 3.63) is 0 Å². The van der Waals surface area contributed by atoms with E-state index in [1.807, 2.05) is 0 Å². The second-order valence-electron chi connectivity index (χ2n) is 3.50. The Morgan fingerprint density at radius 1 is 1.53 bits per heavy atom. The first-order valence-electron chi connectivity index (χ1n) is 4.56. The summed E-state index contributed by atoms with van der Waals surface area (Å²) >= 11 is 0. The van der Waals surface area contributed by atoms with E-state index in [2.05, 4.69) is 4.74 Å². The molecule has 0 bridgehead atoms. The minimum Gasteiger partial charge on any atom is -0.362 e. The number of carbonyl (C=O) groups excluding carboxylic acids is 1. The standard InChI is InChI=1S/C8H13F3N2O2/c9-8(10,11)5-15-4-7(14)13-2-1-6(12)3-13/h6H,1-5,12H2/t6-/m1/s1. The number of amides is 1. The Bertz CT molecular complexity index is 232. The third-order valence-electron chi connectivity index (χ3n) is 2.07. The molecule has 1 aliphatic heterocycles. The molecule has 1 aliphatic rings. The van der Waals surface area contributed by atoms with Gasteiger partial charge in [0.2, 0.25) is 5.91 Å². The van der Waals surface area contributed by atoms with Gasteiger partial charge in [0, 0.05) is 19.1 Å². The van der Waals surface area contributed by atoms with Crippen LogP contribution in [0.1, 0.15) is 6.42 Å². The number of ether oxygens (including phenoxy) is 1. The maximum absolute atomic E-state index is 11.7. The topological polar surface area (TPSA) is 55.6 Å². The molecule has 1 saturated heterocycles. The minimum absolute atomic E-state index is 0.0726. The van der Waals surface area contributed by atoms with Gasteiger partial charge in [0.05, 0.1) is 0 Å². The zero-order chi connectivity index (χ0) is 11.5. The van der Waals surface area contributed by atoms with Crippen molar-refractivity contribution in [1.29, 1.82) is 0 Å². The number of hydrogen-bond donors (Lipinski definition) is 1. The van der Waals surface area contributed by atoms with Gasteiger partial charge in [-0.25, -0.2) is 0 Å². The van der Waals surface area contributed by atoms with E-state index < -0.39 is 25.3 Å². The molecular weight excluding hydrogens is 213 g/mol. The molecule has 0 spiro atoms. The number of nitrogens with two attached hydrogens (primary N) is 1. The van der Waals surface area contributed by atoms with Crippen molar-refractivity contribution in [3.8, 4) is 0 Å². The van der Waals surface area contributed by atoms with Crippen molar-refractivity contribution in [2.24, 2.45) is 5.73 Å². The fraction of sp³-hybridized carbons (Fsp3) is 0.875. The summed E-state index contributed by atoms with van der Waals surface area (Å²) in [6, 6.07) is -0.0726. The zero-order valence-corrected chi connectivity index (χ0v) is 8.09. The number of likely N-dealkylation sites (tertiary alicyclic amines) is 1. The molecule has 0 saturated carbocycles. The molecule has 4 nitrogen and oxygen atoms in total. The minimum atomic E-state index is -4.39. The first-order valence-corrected chi connectivity index (χ1v) is 4.56. The Hall–Kier alpha value is -0.820. The maximum Gasteiger partial charge on any atom is 0.411 e. The highest BCUT2D eigenvalue weighted by Crippen LogP contribution is 2.14. The van der Waals surface area contributed by atoms with Crippen LogP contribution < -0.4 is 5.73 Å². The Labute approximate surface area is 85.2 Å². The molecular formula is C8H13F3N2O2. The van der Waals surface area contributed by atoms with Crippen molar-refractivity contribution in [3.63, 3.8) is 0 Å². The Morgan fingerprint density at radius 2 is 2.20 bits per heavy atom. The molecule has 0 aromatic carbocycles. The monoisotopic (exact) mass is 226 g/mol. The van der Waals surface area contributed by atoms with Crippen molar-refractivity contribution < 1.29 is 22.7 Å². The highest BCUT2D eigenvalue weighted by atomic mass is 19.4. The van der Waals surface area contributed by atoms with Crippen LogP contribution in [0.15, 0.2) is 0 Å². The SMILES string of the molecule is N[C@@H]1CCN(C(=O)COCC(F)(F)F)C1. The number of carbonyl (C=O) groups is 1. The first-order chi connectivity index (χ1) is 6.88. The second kappa shape index (κ2) is 4.80. The molecule has 0 aromatic heterocycles. The fourth-order valence-electron chi connectivity index (χ4n) is 1.36. The summed E-state index contributed by atoms with van der Waals surface area (Å²) in [7, 11) is 0. The number of hydrogen-bond acceptors (Lipinski definition) is 3. The van der Waals surface area contributed by atoms with Gasteiger partial charge in [-0.3, -0.25) is 4.79 Å². The van der Waals surface area contributed by atoms with Crippen LogP contribution in [0.4, 0.5) is 13.2 Å². The molecule has 1 amide bonds. The molecule has 0 unspecified atom stereocenters. The molecule has 1 atom stereocenters. The summed E-state index contributed by atoms with van der Waals surface area (Å²) in [5.41, 5.74) is 5.55. The Balaban J connectivity index is 2.19. The summed E-state index contributed by atoms with van der Waals surface area (Å²) < 4.78 is 39.3. The second-order valence-corrected chi connectivity index (χ2v) is 3.50. The quantitative estimate of drug-likeness (QED) is 0.744. The van der Waals surface area contributed by atoms with Gasteiger partial charge < -0.3 is 15.4 Å². The molecule has 1 heterocycles. The van der Waals surface area contributed by atoms with E-state index in [-0.39, 0.29) is 6.04 Å².